The van der Waals surface area contributed by atoms with Gasteiger partial charge in [0.05, 0.1) is 6.07 Å². The van der Waals surface area contributed by atoms with Gasteiger partial charge in [0.25, 0.3) is 18.2 Å². The number of nitrogens with one attached hydrogen (secondary N) is 1. The molecule has 0 aliphatic carbocycles. The van der Waals surface area contributed by atoms with Gasteiger partial charge in [-0.05, 0) is 0 Å². The minimum absolute atomic E-state index is 0.0239. The van der Waals surface area contributed by atoms with Gasteiger partial charge in [0.2, 0.25) is 11.5 Å². The lowest BCUT2D eigenvalue weighted by Crippen LogP contribution is -2.71. The predicted molar refractivity (Wildman–Crippen MR) is 128 cm³/mol. The maximum Gasteiger partial charge on any atom is 0.352 e. The zero-order chi connectivity index (χ0) is 27.6. The molecule has 4 heterocycles. The number of aliphatic carboxylic acids is 1. The zero-order valence-corrected chi connectivity index (χ0v) is 20.9. The summed E-state index contributed by atoms with van der Waals surface area (Å²) < 4.78 is 44.7. The Kier molecular flexibility index (Phi) is 8.05. The van der Waals surface area contributed by atoms with E-state index in [4.69, 9.17) is 11.5 Å². The first-order chi connectivity index (χ1) is 18.1. The molecule has 0 unspecified atom stereocenters. The van der Waals surface area contributed by atoms with E-state index in [9.17, 15) is 32.7 Å². The molecule has 204 valence electrons. The van der Waals surface area contributed by atoms with E-state index < -0.39 is 54.6 Å². The fraction of sp³-hybridized carbons (Fsp3) is 0.421. The number of carboxylic acid groups (broad SMARTS) is 1. The molecule has 0 aromatic carbocycles. The number of carbonyl (C=O) groups is 3. The number of aromatic nitrogens is 4. The third kappa shape index (κ3) is 5.37. The van der Waals surface area contributed by atoms with Crippen molar-refractivity contribution in [2.24, 2.45) is 5.16 Å². The quantitative estimate of drug-likeness (QED) is 0.114. The van der Waals surface area contributed by atoms with Gasteiger partial charge in [-0.1, -0.05) is 5.16 Å². The number of anilines is 2. The van der Waals surface area contributed by atoms with Gasteiger partial charge in [-0.3, -0.25) is 14.5 Å². The molecule has 6 N–H and O–H groups in total. The van der Waals surface area contributed by atoms with Crippen LogP contribution in [0.3, 0.4) is 0 Å². The summed E-state index contributed by atoms with van der Waals surface area (Å²) in [5.74, 6) is -2.90. The number of nitrogen functional groups attached to an aromatic ring is 2. The molecule has 0 spiro atoms. The maximum absolute atomic E-state index is 13.0. The van der Waals surface area contributed by atoms with Crippen molar-refractivity contribution in [3.8, 4) is 0 Å². The number of fused-ring (bicyclic) bond motifs is 1. The first-order valence-corrected chi connectivity index (χ1v) is 12.6. The topological polar surface area (TPSA) is 195 Å². The molecule has 19 heteroatoms. The SMILES string of the molecule is Nc1nc(C(=NOCC(F)F)C(=O)N[C@@H]2C(=O)N3C(C(=O)O)=C(C[n+]4ccc(N)n4CCF)CS[C@H]23)ns1. The van der Waals surface area contributed by atoms with Crippen molar-refractivity contribution >= 4 is 57.7 Å². The summed E-state index contributed by atoms with van der Waals surface area (Å²) in [6.45, 7) is -1.78. The molecule has 14 nitrogen and oxygen atoms in total. The molecule has 2 aliphatic rings. The van der Waals surface area contributed by atoms with E-state index in [-0.39, 0.29) is 41.3 Å². The summed E-state index contributed by atoms with van der Waals surface area (Å²) in [4.78, 5) is 47.3. The van der Waals surface area contributed by atoms with Gasteiger partial charge in [0.15, 0.2) is 30.3 Å². The Morgan fingerprint density at radius 3 is 2.79 bits per heavy atom. The van der Waals surface area contributed by atoms with Crippen molar-refractivity contribution in [1.82, 2.24) is 24.3 Å². The van der Waals surface area contributed by atoms with Crippen molar-refractivity contribution < 1.29 is 42.2 Å². The molecular formula is C19H21F3N9O5S2+. The van der Waals surface area contributed by atoms with Crippen LogP contribution in [0.15, 0.2) is 28.7 Å². The van der Waals surface area contributed by atoms with Gasteiger partial charge in [0.1, 0.15) is 30.3 Å². The number of hydrogen-bond acceptors (Lipinski definition) is 11. The van der Waals surface area contributed by atoms with Crippen LogP contribution < -0.4 is 21.5 Å². The average Bonchev–Trinajstić information content (AvgIpc) is 3.45. The Balaban J connectivity index is 1.53. The number of nitrogens with two attached hydrogens (primary N) is 2. The lowest BCUT2D eigenvalue weighted by atomic mass is 10.0. The van der Waals surface area contributed by atoms with Crippen LogP contribution >= 0.6 is 23.3 Å². The van der Waals surface area contributed by atoms with Crippen molar-refractivity contribution in [2.75, 3.05) is 30.5 Å². The number of halogens is 3. The Labute approximate surface area is 220 Å². The highest BCUT2D eigenvalue weighted by Crippen LogP contribution is 2.40. The molecule has 2 aromatic rings. The van der Waals surface area contributed by atoms with Crippen molar-refractivity contribution in [3.05, 3.63) is 29.4 Å². The number of nitrogens with zero attached hydrogens (tertiary/aromatic N) is 6. The molecule has 2 aromatic heterocycles. The number of thioether (sulfide) groups is 1. The molecule has 2 amide bonds. The van der Waals surface area contributed by atoms with Crippen LogP contribution in [0, 0.1) is 0 Å². The van der Waals surface area contributed by atoms with Crippen LogP contribution in [0.4, 0.5) is 24.1 Å². The second kappa shape index (κ2) is 11.3. The largest absolute Gasteiger partial charge is 0.477 e. The third-order valence-corrected chi connectivity index (χ3v) is 7.32. The van der Waals surface area contributed by atoms with Crippen LogP contribution in [-0.4, -0.2) is 84.4 Å². The first kappa shape index (κ1) is 27.2. The summed E-state index contributed by atoms with van der Waals surface area (Å²) >= 11 is 1.92. The monoisotopic (exact) mass is 576 g/mol. The standard InChI is InChI=1S/C19H20F3N9O5S2/c20-2-4-30-10(23)1-3-29(30)5-8-7-37-17-12(16(33)31(17)13(8)18(34)35)25-15(32)11(27-36-6-9(21)22)14-26-19(24)38-28-14/h1,3,9,12,17,23H,2,4-7H2,(H4,24,25,26,28,32,34,35)/p+1/t12-,17-/m1/s1. The second-order valence-electron chi connectivity index (χ2n) is 7.85. The molecule has 4 rings (SSSR count). The smallest absolute Gasteiger partial charge is 0.352 e. The molecule has 2 aliphatic heterocycles. The van der Waals surface area contributed by atoms with Gasteiger partial charge in [0, 0.05) is 22.9 Å². The van der Waals surface area contributed by atoms with E-state index in [0.717, 1.165) is 16.4 Å². The number of alkyl halides is 3. The van der Waals surface area contributed by atoms with Gasteiger partial charge in [-0.2, -0.15) is 9.36 Å². The Bertz CT molecular complexity index is 1310. The fourth-order valence-electron chi connectivity index (χ4n) is 3.84. The fourth-order valence-corrected chi connectivity index (χ4v) is 5.61. The predicted octanol–water partition coefficient (Wildman–Crippen LogP) is -0.814. The molecule has 0 radical (unpaired) electrons. The van der Waals surface area contributed by atoms with Crippen molar-refractivity contribution in [3.63, 3.8) is 0 Å². The highest BCUT2D eigenvalue weighted by atomic mass is 32.2. The number of carboxylic acids is 1. The van der Waals surface area contributed by atoms with Crippen LogP contribution in [0.1, 0.15) is 5.82 Å². The van der Waals surface area contributed by atoms with E-state index in [2.05, 4.69) is 24.7 Å². The lowest BCUT2D eigenvalue weighted by molar-refractivity contribution is -0.767. The number of carbonyl (C=O) groups excluding carboxylic acids is 2. The van der Waals surface area contributed by atoms with Crippen molar-refractivity contribution in [2.45, 2.75) is 30.9 Å². The molecule has 1 saturated heterocycles. The molecule has 0 saturated carbocycles. The van der Waals surface area contributed by atoms with Crippen LogP contribution in [0.5, 0.6) is 0 Å². The number of amides is 2. The van der Waals surface area contributed by atoms with Gasteiger partial charge >= 0.3 is 5.97 Å². The highest BCUT2D eigenvalue weighted by molar-refractivity contribution is 8.00. The number of oxime groups is 1. The molecule has 1 fully saturated rings. The van der Waals surface area contributed by atoms with Crippen LogP contribution in [-0.2, 0) is 32.3 Å². The summed E-state index contributed by atoms with van der Waals surface area (Å²) in [5.41, 5.74) is 10.9. The minimum atomic E-state index is -2.86. The normalized spacial score (nSPS) is 19.4. The summed E-state index contributed by atoms with van der Waals surface area (Å²) in [7, 11) is 0. The molecular weight excluding hydrogens is 555 g/mol. The zero-order valence-electron chi connectivity index (χ0n) is 19.3. The maximum atomic E-state index is 13.0. The Morgan fingerprint density at radius 1 is 1.39 bits per heavy atom. The molecule has 38 heavy (non-hydrogen) atoms. The number of rotatable bonds is 11. The summed E-state index contributed by atoms with van der Waals surface area (Å²) in [6.07, 6.45) is -1.28. The summed E-state index contributed by atoms with van der Waals surface area (Å²) in [5, 5.41) is 14.9. The Hall–Kier alpha value is -3.87. The second-order valence-corrected chi connectivity index (χ2v) is 9.74. The van der Waals surface area contributed by atoms with Crippen LogP contribution in [0.25, 0.3) is 0 Å². The summed E-state index contributed by atoms with van der Waals surface area (Å²) in [6, 6.07) is 0.392. The minimum Gasteiger partial charge on any atom is -0.477 e. The number of β-lactam (4-membered cyclic amide) rings is 1. The first-order valence-electron chi connectivity index (χ1n) is 10.8. The van der Waals surface area contributed by atoms with Crippen molar-refractivity contribution in [1.29, 1.82) is 0 Å². The van der Waals surface area contributed by atoms with E-state index in [1.807, 2.05) is 0 Å². The van der Waals surface area contributed by atoms with E-state index in [1.54, 1.807) is 16.9 Å². The van der Waals surface area contributed by atoms with Gasteiger partial charge in [-0.15, -0.1) is 21.1 Å². The highest BCUT2D eigenvalue weighted by Gasteiger charge is 2.55. The van der Waals surface area contributed by atoms with Gasteiger partial charge in [-0.25, -0.2) is 18.0 Å². The van der Waals surface area contributed by atoms with E-state index in [1.165, 1.54) is 16.4 Å². The van der Waals surface area contributed by atoms with E-state index in [0.29, 0.717) is 5.57 Å². The van der Waals surface area contributed by atoms with E-state index >= 15 is 0 Å². The average molecular weight is 577 g/mol. The molecule has 2 atom stereocenters. The lowest BCUT2D eigenvalue weighted by Gasteiger charge is -2.49. The molecule has 0 bridgehead atoms. The number of hydrogen-bond donors (Lipinski definition) is 4. The Morgan fingerprint density at radius 2 is 2.16 bits per heavy atom. The van der Waals surface area contributed by atoms with Gasteiger partial charge < -0.3 is 26.7 Å². The van der Waals surface area contributed by atoms with Crippen LogP contribution in [0.2, 0.25) is 0 Å². The third-order valence-electron chi connectivity index (χ3n) is 5.44.